The van der Waals surface area contributed by atoms with Crippen LogP contribution in [0.25, 0.3) is 11.5 Å². The number of hydrogen-bond acceptors (Lipinski definition) is 4. The van der Waals surface area contributed by atoms with Crippen molar-refractivity contribution in [3.63, 3.8) is 0 Å². The van der Waals surface area contributed by atoms with Crippen LogP contribution in [0, 0.1) is 11.6 Å². The van der Waals surface area contributed by atoms with Gasteiger partial charge in [-0.15, -0.1) is 0 Å². The summed E-state index contributed by atoms with van der Waals surface area (Å²) in [5.74, 6) is -1.53. The fourth-order valence-corrected chi connectivity index (χ4v) is 1.34. The molecule has 0 aliphatic rings. The van der Waals surface area contributed by atoms with E-state index >= 15 is 0 Å². The highest BCUT2D eigenvalue weighted by atomic mass is 19.2. The van der Waals surface area contributed by atoms with Crippen molar-refractivity contribution in [2.75, 3.05) is 6.54 Å². The highest BCUT2D eigenvalue weighted by Gasteiger charge is 2.15. The molecule has 0 aliphatic heterocycles. The van der Waals surface area contributed by atoms with Crippen LogP contribution in [0.15, 0.2) is 22.7 Å². The standard InChI is InChI=1S/C11H11F2N3O/c1-2-14-6-9-15-11(17-16-9)7-4-3-5-8(12)10(7)13/h3-5,14H,2,6H2,1H3. The topological polar surface area (TPSA) is 51.0 Å². The van der Waals surface area contributed by atoms with Crippen molar-refractivity contribution in [1.29, 1.82) is 0 Å². The van der Waals surface area contributed by atoms with Crippen molar-refractivity contribution < 1.29 is 13.3 Å². The molecular weight excluding hydrogens is 228 g/mol. The summed E-state index contributed by atoms with van der Waals surface area (Å²) in [6.45, 7) is 3.13. The molecule has 0 bridgehead atoms. The Bertz CT molecular complexity index is 513. The van der Waals surface area contributed by atoms with Gasteiger partial charge in [-0.05, 0) is 18.7 Å². The predicted molar refractivity (Wildman–Crippen MR) is 57.0 cm³/mol. The van der Waals surface area contributed by atoms with Gasteiger partial charge in [0.05, 0.1) is 12.1 Å². The molecule has 2 aromatic rings. The van der Waals surface area contributed by atoms with E-state index in [1.54, 1.807) is 0 Å². The molecule has 90 valence electrons. The molecular formula is C11H11F2N3O. The Morgan fingerprint density at radius 3 is 2.94 bits per heavy atom. The first-order chi connectivity index (χ1) is 8.22. The molecule has 17 heavy (non-hydrogen) atoms. The molecule has 0 fully saturated rings. The van der Waals surface area contributed by atoms with Crippen LogP contribution >= 0.6 is 0 Å². The maximum Gasteiger partial charge on any atom is 0.261 e. The van der Waals surface area contributed by atoms with Gasteiger partial charge in [0.1, 0.15) is 0 Å². The van der Waals surface area contributed by atoms with E-state index in [9.17, 15) is 8.78 Å². The van der Waals surface area contributed by atoms with Crippen LogP contribution in [0.1, 0.15) is 12.7 Å². The Morgan fingerprint density at radius 2 is 2.18 bits per heavy atom. The third kappa shape index (κ3) is 2.47. The Labute approximate surface area is 96.6 Å². The number of benzene rings is 1. The molecule has 0 spiro atoms. The molecule has 4 nitrogen and oxygen atoms in total. The van der Waals surface area contributed by atoms with E-state index in [1.165, 1.54) is 12.1 Å². The number of nitrogens with zero attached hydrogens (tertiary/aromatic N) is 2. The van der Waals surface area contributed by atoms with Gasteiger partial charge < -0.3 is 9.84 Å². The third-order valence-electron chi connectivity index (χ3n) is 2.18. The minimum atomic E-state index is -0.980. The Balaban J connectivity index is 2.27. The van der Waals surface area contributed by atoms with Crippen LogP contribution < -0.4 is 5.32 Å². The molecule has 2 rings (SSSR count). The predicted octanol–water partition coefficient (Wildman–Crippen LogP) is 2.12. The van der Waals surface area contributed by atoms with Crippen molar-refractivity contribution in [3.8, 4) is 11.5 Å². The smallest absolute Gasteiger partial charge is 0.261 e. The zero-order chi connectivity index (χ0) is 12.3. The van der Waals surface area contributed by atoms with Gasteiger partial charge in [-0.25, -0.2) is 8.78 Å². The summed E-state index contributed by atoms with van der Waals surface area (Å²) in [5.41, 5.74) is -0.0275. The largest absolute Gasteiger partial charge is 0.334 e. The summed E-state index contributed by atoms with van der Waals surface area (Å²) in [4.78, 5) is 3.97. The van der Waals surface area contributed by atoms with E-state index in [-0.39, 0.29) is 11.5 Å². The second-order valence-electron chi connectivity index (χ2n) is 3.40. The summed E-state index contributed by atoms with van der Waals surface area (Å²) in [5, 5.41) is 6.67. The maximum absolute atomic E-state index is 13.4. The highest BCUT2D eigenvalue weighted by molar-refractivity contribution is 5.53. The Kier molecular flexibility index (Phi) is 3.43. The van der Waals surface area contributed by atoms with Crippen molar-refractivity contribution >= 4 is 0 Å². The van der Waals surface area contributed by atoms with Gasteiger partial charge in [-0.3, -0.25) is 0 Å². The minimum absolute atomic E-state index is 0.0186. The van der Waals surface area contributed by atoms with Crippen LogP contribution in [0.5, 0.6) is 0 Å². The second kappa shape index (κ2) is 5.01. The zero-order valence-corrected chi connectivity index (χ0v) is 9.20. The number of hydrogen-bond donors (Lipinski definition) is 1. The van der Waals surface area contributed by atoms with E-state index < -0.39 is 11.6 Å². The fourth-order valence-electron chi connectivity index (χ4n) is 1.34. The number of halogens is 2. The van der Waals surface area contributed by atoms with Gasteiger partial charge in [-0.2, -0.15) is 4.98 Å². The summed E-state index contributed by atoms with van der Waals surface area (Å²) in [6.07, 6.45) is 0. The quantitative estimate of drug-likeness (QED) is 0.887. The first-order valence-corrected chi connectivity index (χ1v) is 5.20. The summed E-state index contributed by atoms with van der Waals surface area (Å²) < 4.78 is 31.3. The van der Waals surface area contributed by atoms with Crippen LogP contribution in [-0.4, -0.2) is 16.7 Å². The van der Waals surface area contributed by atoms with E-state index in [2.05, 4.69) is 15.5 Å². The van der Waals surface area contributed by atoms with E-state index in [4.69, 9.17) is 4.52 Å². The molecule has 0 atom stereocenters. The average molecular weight is 239 g/mol. The molecule has 1 N–H and O–H groups in total. The first-order valence-electron chi connectivity index (χ1n) is 5.20. The van der Waals surface area contributed by atoms with E-state index in [0.29, 0.717) is 12.4 Å². The lowest BCUT2D eigenvalue weighted by Crippen LogP contribution is -2.12. The maximum atomic E-state index is 13.4. The van der Waals surface area contributed by atoms with Crippen LogP contribution in [0.3, 0.4) is 0 Å². The Morgan fingerprint density at radius 1 is 1.35 bits per heavy atom. The van der Waals surface area contributed by atoms with E-state index in [1.807, 2.05) is 6.92 Å². The molecule has 0 saturated heterocycles. The van der Waals surface area contributed by atoms with Crippen molar-refractivity contribution in [1.82, 2.24) is 15.5 Å². The lowest BCUT2D eigenvalue weighted by atomic mass is 10.2. The van der Waals surface area contributed by atoms with Gasteiger partial charge in [-0.1, -0.05) is 18.1 Å². The van der Waals surface area contributed by atoms with Crippen LogP contribution in [-0.2, 0) is 6.54 Å². The van der Waals surface area contributed by atoms with Crippen molar-refractivity contribution in [3.05, 3.63) is 35.7 Å². The Hall–Kier alpha value is -1.82. The second-order valence-corrected chi connectivity index (χ2v) is 3.40. The highest BCUT2D eigenvalue weighted by Crippen LogP contribution is 2.22. The van der Waals surface area contributed by atoms with Gasteiger partial charge in [0, 0.05) is 0 Å². The molecule has 1 aromatic heterocycles. The van der Waals surface area contributed by atoms with Gasteiger partial charge in [0.2, 0.25) is 0 Å². The SMILES string of the molecule is CCNCc1noc(-c2cccc(F)c2F)n1. The van der Waals surface area contributed by atoms with Crippen LogP contribution in [0.2, 0.25) is 0 Å². The van der Waals surface area contributed by atoms with Gasteiger partial charge >= 0.3 is 0 Å². The lowest BCUT2D eigenvalue weighted by molar-refractivity contribution is 0.415. The molecule has 0 amide bonds. The monoisotopic (exact) mass is 239 g/mol. The van der Waals surface area contributed by atoms with Crippen LogP contribution in [0.4, 0.5) is 8.78 Å². The summed E-state index contributed by atoms with van der Waals surface area (Å²) in [7, 11) is 0. The summed E-state index contributed by atoms with van der Waals surface area (Å²) >= 11 is 0. The van der Waals surface area contributed by atoms with Gasteiger partial charge in [0.25, 0.3) is 5.89 Å². The normalized spacial score (nSPS) is 10.8. The summed E-state index contributed by atoms with van der Waals surface area (Å²) in [6, 6.07) is 3.82. The molecule has 6 heteroatoms. The molecule has 0 aliphatic carbocycles. The van der Waals surface area contributed by atoms with Crippen molar-refractivity contribution in [2.45, 2.75) is 13.5 Å². The number of rotatable bonds is 4. The number of aromatic nitrogens is 2. The number of nitrogens with one attached hydrogen (secondary N) is 1. The molecule has 0 unspecified atom stereocenters. The zero-order valence-electron chi connectivity index (χ0n) is 9.20. The minimum Gasteiger partial charge on any atom is -0.334 e. The van der Waals surface area contributed by atoms with Gasteiger partial charge in [0.15, 0.2) is 17.5 Å². The molecule has 1 heterocycles. The van der Waals surface area contributed by atoms with E-state index in [0.717, 1.165) is 12.6 Å². The first kappa shape index (κ1) is 11.7. The molecule has 0 saturated carbocycles. The fraction of sp³-hybridized carbons (Fsp3) is 0.273. The average Bonchev–Trinajstić information content (AvgIpc) is 2.78. The molecule has 1 aromatic carbocycles. The third-order valence-corrected chi connectivity index (χ3v) is 2.18. The lowest BCUT2D eigenvalue weighted by Gasteiger charge is -1.97. The molecule has 0 radical (unpaired) electrons. The van der Waals surface area contributed by atoms with Crippen molar-refractivity contribution in [2.24, 2.45) is 0 Å².